The van der Waals surface area contributed by atoms with Crippen molar-refractivity contribution in [2.45, 2.75) is 31.3 Å². The van der Waals surface area contributed by atoms with Crippen LogP contribution in [0.15, 0.2) is 53.4 Å². The lowest BCUT2D eigenvalue weighted by Gasteiger charge is -2.14. The normalized spacial score (nSPS) is 11.9. The molecule has 9 heteroatoms. The average molecular weight is 415 g/mol. The van der Waals surface area contributed by atoms with Crippen LogP contribution in [-0.4, -0.2) is 32.9 Å². The van der Waals surface area contributed by atoms with Gasteiger partial charge in [-0.05, 0) is 55.8 Å². The fourth-order valence-electron chi connectivity index (χ4n) is 2.34. The number of benzene rings is 2. The van der Waals surface area contributed by atoms with E-state index in [0.29, 0.717) is 5.69 Å². The molecule has 1 amide bonds. The van der Waals surface area contributed by atoms with Crippen molar-refractivity contribution in [1.82, 2.24) is 4.72 Å². The molecule has 0 aliphatic carbocycles. The predicted molar refractivity (Wildman–Crippen MR) is 107 cm³/mol. The highest BCUT2D eigenvalue weighted by atomic mass is 32.2. The Morgan fingerprint density at radius 3 is 2.48 bits per heavy atom. The van der Waals surface area contributed by atoms with Crippen molar-refractivity contribution in [2.75, 3.05) is 11.9 Å². The molecule has 2 aromatic rings. The molecule has 0 saturated carbocycles. The molecule has 8 nitrogen and oxygen atoms in total. The number of hydrogen-bond donors (Lipinski definition) is 2. The summed E-state index contributed by atoms with van der Waals surface area (Å²) in [6, 6.07) is 14.1. The summed E-state index contributed by atoms with van der Waals surface area (Å²) in [5.41, 5.74) is 1.68. The summed E-state index contributed by atoms with van der Waals surface area (Å²) >= 11 is 0. The minimum Gasteiger partial charge on any atom is -0.449 e. The minimum absolute atomic E-state index is 0.00378. The number of amides is 1. The molecule has 0 fully saturated rings. The summed E-state index contributed by atoms with van der Waals surface area (Å²) in [5.74, 6) is -1.23. The summed E-state index contributed by atoms with van der Waals surface area (Å²) in [7, 11) is -3.77. The summed E-state index contributed by atoms with van der Waals surface area (Å²) < 4.78 is 31.6. The van der Waals surface area contributed by atoms with E-state index < -0.39 is 28.0 Å². The highest BCUT2D eigenvalue weighted by Crippen LogP contribution is 2.14. The van der Waals surface area contributed by atoms with E-state index in [1.807, 2.05) is 19.1 Å². The highest BCUT2D eigenvalue weighted by Gasteiger charge is 2.20. The van der Waals surface area contributed by atoms with Crippen molar-refractivity contribution in [3.8, 4) is 6.07 Å². The van der Waals surface area contributed by atoms with Gasteiger partial charge in [0.1, 0.15) is 0 Å². The lowest BCUT2D eigenvalue weighted by atomic mass is 10.2. The number of nitriles is 1. The molecule has 0 aliphatic rings. The molecule has 0 spiro atoms. The van der Waals surface area contributed by atoms with Gasteiger partial charge in [-0.1, -0.05) is 12.1 Å². The van der Waals surface area contributed by atoms with E-state index in [2.05, 4.69) is 10.0 Å². The number of nitrogens with zero attached hydrogens (tertiary/aromatic N) is 1. The van der Waals surface area contributed by atoms with Crippen LogP contribution in [0.3, 0.4) is 0 Å². The van der Waals surface area contributed by atoms with Gasteiger partial charge in [0.2, 0.25) is 10.0 Å². The van der Waals surface area contributed by atoms with Gasteiger partial charge in [-0.3, -0.25) is 4.79 Å². The van der Waals surface area contributed by atoms with E-state index in [4.69, 9.17) is 10.00 Å². The molecular formula is C20H21N3O5S. The van der Waals surface area contributed by atoms with Crippen LogP contribution in [-0.2, 0) is 19.6 Å². The molecule has 2 rings (SSSR count). The molecule has 29 heavy (non-hydrogen) atoms. The Labute approximate surface area is 169 Å². The van der Waals surface area contributed by atoms with Crippen molar-refractivity contribution < 1.29 is 22.7 Å². The SMILES string of the molecule is Cc1cccc(NC(=O)C(C)OC(=O)c2ccc(S(=O)(=O)NCCC#N)cc2)c1. The number of sulfonamides is 1. The van der Waals surface area contributed by atoms with Crippen molar-refractivity contribution in [1.29, 1.82) is 5.26 Å². The minimum atomic E-state index is -3.77. The molecule has 0 bridgehead atoms. The number of rotatable bonds is 8. The van der Waals surface area contributed by atoms with Gasteiger partial charge in [0.25, 0.3) is 5.91 Å². The van der Waals surface area contributed by atoms with Gasteiger partial charge in [-0.25, -0.2) is 17.9 Å². The number of carbonyl (C=O) groups is 2. The van der Waals surface area contributed by atoms with E-state index in [1.54, 1.807) is 18.2 Å². The summed E-state index contributed by atoms with van der Waals surface area (Å²) in [6.45, 7) is 3.33. The first kappa shape index (κ1) is 22.1. The Balaban J connectivity index is 1.98. The van der Waals surface area contributed by atoms with E-state index in [9.17, 15) is 18.0 Å². The molecule has 2 N–H and O–H groups in total. The van der Waals surface area contributed by atoms with Gasteiger partial charge in [0.15, 0.2) is 6.10 Å². The Bertz CT molecular complexity index is 1030. The van der Waals surface area contributed by atoms with E-state index in [0.717, 1.165) is 5.56 Å². The largest absolute Gasteiger partial charge is 0.449 e. The fraction of sp³-hybridized carbons (Fsp3) is 0.250. The maximum absolute atomic E-state index is 12.2. The molecule has 1 atom stereocenters. The van der Waals surface area contributed by atoms with E-state index >= 15 is 0 Å². The number of hydrogen-bond acceptors (Lipinski definition) is 6. The first-order valence-corrected chi connectivity index (χ1v) is 10.3. The smallest absolute Gasteiger partial charge is 0.338 e. The van der Waals surface area contributed by atoms with Crippen LogP contribution in [0.2, 0.25) is 0 Å². The third-order valence-corrected chi connectivity index (χ3v) is 5.34. The van der Waals surface area contributed by atoms with Crippen molar-refractivity contribution >= 4 is 27.6 Å². The second-order valence-electron chi connectivity index (χ2n) is 6.24. The summed E-state index contributed by atoms with van der Waals surface area (Å²) in [4.78, 5) is 24.4. The zero-order valence-corrected chi connectivity index (χ0v) is 16.8. The quantitative estimate of drug-likeness (QED) is 0.504. The molecular weight excluding hydrogens is 394 g/mol. The van der Waals surface area contributed by atoms with Gasteiger partial charge >= 0.3 is 5.97 Å². The Morgan fingerprint density at radius 1 is 1.17 bits per heavy atom. The van der Waals surface area contributed by atoms with Crippen LogP contribution < -0.4 is 10.0 Å². The standard InChI is InChI=1S/C20H21N3O5S/c1-14-5-3-6-17(13-14)23-19(24)15(2)28-20(25)16-7-9-18(10-8-16)29(26,27)22-12-4-11-21/h3,5-10,13,15,22H,4,12H2,1-2H3,(H,23,24). The van der Waals surface area contributed by atoms with Gasteiger partial charge in [-0.2, -0.15) is 5.26 Å². The third kappa shape index (κ3) is 6.41. The van der Waals surface area contributed by atoms with Crippen molar-refractivity contribution in [2.24, 2.45) is 0 Å². The number of carbonyl (C=O) groups excluding carboxylic acids is 2. The average Bonchev–Trinajstić information content (AvgIpc) is 2.68. The van der Waals surface area contributed by atoms with Crippen LogP contribution in [0.25, 0.3) is 0 Å². The zero-order valence-electron chi connectivity index (χ0n) is 16.0. The first-order valence-electron chi connectivity index (χ1n) is 8.78. The second-order valence-corrected chi connectivity index (χ2v) is 8.00. The van der Waals surface area contributed by atoms with Gasteiger partial charge in [-0.15, -0.1) is 0 Å². The molecule has 0 heterocycles. The summed E-state index contributed by atoms with van der Waals surface area (Å²) in [5, 5.41) is 11.1. The number of aryl methyl sites for hydroxylation is 1. The lowest BCUT2D eigenvalue weighted by molar-refractivity contribution is -0.123. The van der Waals surface area contributed by atoms with E-state index in [1.165, 1.54) is 31.2 Å². The first-order chi connectivity index (χ1) is 13.7. The number of ether oxygens (including phenoxy) is 1. The van der Waals surface area contributed by atoms with Crippen LogP contribution >= 0.6 is 0 Å². The topological polar surface area (TPSA) is 125 Å². The number of anilines is 1. The molecule has 0 saturated heterocycles. The molecule has 0 aromatic heterocycles. The van der Waals surface area contributed by atoms with Crippen LogP contribution in [0.1, 0.15) is 29.3 Å². The van der Waals surface area contributed by atoms with Gasteiger partial charge in [0.05, 0.1) is 16.5 Å². The van der Waals surface area contributed by atoms with Crippen LogP contribution in [0.4, 0.5) is 5.69 Å². The third-order valence-electron chi connectivity index (χ3n) is 3.87. The summed E-state index contributed by atoms with van der Waals surface area (Å²) in [6.07, 6.45) is -0.995. The second kappa shape index (κ2) is 9.82. The Kier molecular flexibility index (Phi) is 7.47. The lowest BCUT2D eigenvalue weighted by Crippen LogP contribution is -2.30. The number of esters is 1. The van der Waals surface area contributed by atoms with Crippen LogP contribution in [0.5, 0.6) is 0 Å². The van der Waals surface area contributed by atoms with Crippen molar-refractivity contribution in [3.63, 3.8) is 0 Å². The molecule has 1 unspecified atom stereocenters. The molecule has 0 radical (unpaired) electrons. The Morgan fingerprint density at radius 2 is 1.86 bits per heavy atom. The fourth-order valence-corrected chi connectivity index (χ4v) is 3.38. The van der Waals surface area contributed by atoms with Gasteiger partial charge in [0, 0.05) is 18.7 Å². The molecule has 152 valence electrons. The van der Waals surface area contributed by atoms with E-state index in [-0.39, 0.29) is 23.4 Å². The zero-order chi connectivity index (χ0) is 21.4. The Hall–Kier alpha value is -3.22. The predicted octanol–water partition coefficient (Wildman–Crippen LogP) is 2.37. The monoisotopic (exact) mass is 415 g/mol. The van der Waals surface area contributed by atoms with Gasteiger partial charge < -0.3 is 10.1 Å². The maximum Gasteiger partial charge on any atom is 0.338 e. The van der Waals surface area contributed by atoms with Crippen molar-refractivity contribution in [3.05, 3.63) is 59.7 Å². The molecule has 2 aromatic carbocycles. The maximum atomic E-state index is 12.2. The number of nitrogens with one attached hydrogen (secondary N) is 2. The molecule has 0 aliphatic heterocycles. The van der Waals surface area contributed by atoms with Crippen LogP contribution in [0, 0.1) is 18.3 Å². The highest BCUT2D eigenvalue weighted by molar-refractivity contribution is 7.89.